The van der Waals surface area contributed by atoms with Crippen molar-refractivity contribution in [3.8, 4) is 0 Å². The summed E-state index contributed by atoms with van der Waals surface area (Å²) < 4.78 is 47.5. The molecule has 3 N–H and O–H groups in total. The van der Waals surface area contributed by atoms with E-state index in [4.69, 9.17) is 22.2 Å². The Hall–Kier alpha value is -3.93. The normalized spacial score (nSPS) is 11.6. The molecule has 2 amide bonds. The lowest BCUT2D eigenvalue weighted by atomic mass is 10.1. The number of nitrogens with zero attached hydrogens (tertiary/aromatic N) is 3. The number of benzene rings is 3. The van der Waals surface area contributed by atoms with E-state index in [1.807, 2.05) is 0 Å². The van der Waals surface area contributed by atoms with E-state index in [1.165, 1.54) is 31.4 Å². The first-order valence-corrected chi connectivity index (χ1v) is 11.6. The molecule has 0 saturated carbocycles. The number of nitrogens with two attached hydrogens (primary N) is 1. The van der Waals surface area contributed by atoms with E-state index in [-0.39, 0.29) is 23.4 Å². The molecule has 0 fully saturated rings. The predicted molar refractivity (Wildman–Crippen MR) is 138 cm³/mol. The van der Waals surface area contributed by atoms with E-state index in [9.17, 15) is 22.8 Å². The van der Waals surface area contributed by atoms with Crippen LogP contribution in [0.1, 0.15) is 37.7 Å². The van der Waals surface area contributed by atoms with Gasteiger partial charge in [-0.05, 0) is 48.9 Å². The zero-order valence-corrected chi connectivity index (χ0v) is 21.3. The van der Waals surface area contributed by atoms with Crippen LogP contribution in [0.3, 0.4) is 0 Å². The number of carbonyl (C=O) groups is 2. The van der Waals surface area contributed by atoms with Gasteiger partial charge in [0.1, 0.15) is 17.9 Å². The molecule has 8 nitrogen and oxygen atoms in total. The minimum absolute atomic E-state index is 0.0144. The zero-order valence-electron chi connectivity index (χ0n) is 20.6. The van der Waals surface area contributed by atoms with Crippen LogP contribution in [0.15, 0.2) is 54.6 Å². The summed E-state index contributed by atoms with van der Waals surface area (Å²) >= 11 is 6.18. The number of hydrazine groups is 1. The van der Waals surface area contributed by atoms with Gasteiger partial charge in [-0.2, -0.15) is 13.2 Å². The molecule has 1 aromatic heterocycles. The van der Waals surface area contributed by atoms with Gasteiger partial charge in [0.05, 0.1) is 27.9 Å². The molecule has 0 aliphatic rings. The van der Waals surface area contributed by atoms with Crippen molar-refractivity contribution < 1.29 is 27.5 Å². The second-order valence-electron chi connectivity index (χ2n) is 8.47. The summed E-state index contributed by atoms with van der Waals surface area (Å²) in [5.74, 6) is 4.86. The molecular formula is C26H23ClF3N5O3. The fourth-order valence-electron chi connectivity index (χ4n) is 3.99. The Labute approximate surface area is 220 Å². The van der Waals surface area contributed by atoms with E-state index in [1.54, 1.807) is 36.7 Å². The molecule has 0 spiro atoms. The van der Waals surface area contributed by atoms with Crippen molar-refractivity contribution in [3.05, 3.63) is 87.7 Å². The topological polar surface area (TPSA) is 102 Å². The van der Waals surface area contributed by atoms with Gasteiger partial charge in [0.25, 0.3) is 11.8 Å². The van der Waals surface area contributed by atoms with Crippen LogP contribution < -0.4 is 16.2 Å². The van der Waals surface area contributed by atoms with Crippen LogP contribution in [-0.2, 0) is 24.6 Å². The second-order valence-corrected chi connectivity index (χ2v) is 8.87. The summed E-state index contributed by atoms with van der Waals surface area (Å²) in [5.41, 5.74) is 0.0600. The summed E-state index contributed by atoms with van der Waals surface area (Å²) in [5, 5.41) is 3.81. The number of hydrogen-bond donors (Lipinski definition) is 2. The number of rotatable bonds is 6. The molecule has 38 heavy (non-hydrogen) atoms. The average molecular weight is 546 g/mol. The quantitative estimate of drug-likeness (QED) is 0.190. The summed E-state index contributed by atoms with van der Waals surface area (Å²) in [6, 6.07) is 12.1. The number of methoxy groups -OCH3 is 1. The minimum atomic E-state index is -4.77. The van der Waals surface area contributed by atoms with Gasteiger partial charge >= 0.3 is 6.18 Å². The van der Waals surface area contributed by atoms with E-state index < -0.39 is 29.1 Å². The van der Waals surface area contributed by atoms with Crippen LogP contribution in [0.25, 0.3) is 11.0 Å². The van der Waals surface area contributed by atoms with Crippen LogP contribution in [0.2, 0.25) is 5.02 Å². The molecule has 198 valence electrons. The molecule has 0 unspecified atom stereocenters. The number of aryl methyl sites for hydroxylation is 1. The van der Waals surface area contributed by atoms with Gasteiger partial charge in [-0.25, -0.2) is 15.8 Å². The highest BCUT2D eigenvalue weighted by atomic mass is 35.5. The fraction of sp³-hybridized carbons (Fsp3) is 0.192. The van der Waals surface area contributed by atoms with E-state index in [0.29, 0.717) is 32.6 Å². The van der Waals surface area contributed by atoms with Crippen LogP contribution in [0, 0.1) is 6.92 Å². The van der Waals surface area contributed by atoms with Gasteiger partial charge in [-0.3, -0.25) is 9.59 Å². The number of hydrogen-bond acceptors (Lipinski definition) is 5. The number of anilines is 2. The lowest BCUT2D eigenvalue weighted by molar-refractivity contribution is -0.137. The number of imidazole rings is 1. The molecule has 1 heterocycles. The highest BCUT2D eigenvalue weighted by Crippen LogP contribution is 2.34. The number of fused-ring (bicyclic) bond motifs is 1. The van der Waals surface area contributed by atoms with Gasteiger partial charge in [-0.15, -0.1) is 0 Å². The van der Waals surface area contributed by atoms with E-state index >= 15 is 0 Å². The second kappa shape index (κ2) is 10.4. The maximum atomic E-state index is 13.6. The Morgan fingerprint density at radius 1 is 1.13 bits per heavy atom. The highest BCUT2D eigenvalue weighted by molar-refractivity contribution is 6.31. The third-order valence-corrected chi connectivity index (χ3v) is 6.47. The van der Waals surface area contributed by atoms with Crippen molar-refractivity contribution in [2.45, 2.75) is 19.7 Å². The number of ether oxygens (including phenoxy) is 1. The molecule has 4 aromatic rings. The summed E-state index contributed by atoms with van der Waals surface area (Å²) in [6.45, 7) is 1.86. The summed E-state index contributed by atoms with van der Waals surface area (Å²) in [6.07, 6.45) is -4.77. The highest BCUT2D eigenvalue weighted by Gasteiger charge is 2.36. The first-order valence-electron chi connectivity index (χ1n) is 11.2. The molecule has 0 bridgehead atoms. The first-order chi connectivity index (χ1) is 17.9. The molecule has 12 heteroatoms. The number of amides is 2. The molecule has 4 rings (SSSR count). The van der Waals surface area contributed by atoms with E-state index in [2.05, 4.69) is 10.3 Å². The Bertz CT molecular complexity index is 1550. The predicted octanol–water partition coefficient (Wildman–Crippen LogP) is 5.47. The minimum Gasteiger partial charge on any atom is -0.377 e. The van der Waals surface area contributed by atoms with Gasteiger partial charge in [0, 0.05) is 24.9 Å². The number of halogens is 4. The Morgan fingerprint density at radius 3 is 2.53 bits per heavy atom. The molecule has 3 aromatic carbocycles. The average Bonchev–Trinajstić information content (AvgIpc) is 3.20. The third-order valence-electron chi connectivity index (χ3n) is 6.06. The van der Waals surface area contributed by atoms with E-state index in [0.717, 1.165) is 12.1 Å². The number of alkyl halides is 3. The Balaban J connectivity index is 1.84. The van der Waals surface area contributed by atoms with Crippen LogP contribution in [0.4, 0.5) is 24.5 Å². The fourth-order valence-corrected chi connectivity index (χ4v) is 4.16. The van der Waals surface area contributed by atoms with Gasteiger partial charge in [-0.1, -0.05) is 29.8 Å². The van der Waals surface area contributed by atoms with Crippen molar-refractivity contribution in [1.82, 2.24) is 9.55 Å². The van der Waals surface area contributed by atoms with Crippen LogP contribution >= 0.6 is 11.6 Å². The van der Waals surface area contributed by atoms with Crippen molar-refractivity contribution in [2.24, 2.45) is 12.9 Å². The first kappa shape index (κ1) is 27.1. The largest absolute Gasteiger partial charge is 0.417 e. The molecular weight excluding hydrogens is 523 g/mol. The van der Waals surface area contributed by atoms with Crippen LogP contribution in [0.5, 0.6) is 0 Å². The van der Waals surface area contributed by atoms with Gasteiger partial charge in [0.2, 0.25) is 0 Å². The standard InChI is InChI=1S/C26H23ClF3N5O3/c1-14-19(27)9-6-10-20(14)32-24(36)17-11-15(12-21-23(17)33-22(13-38-3)34(21)2)35(31)25(37)16-7-4-5-8-18(16)26(28,29)30/h4-12H,13,31H2,1-3H3,(H,32,36). The molecule has 0 atom stereocenters. The van der Waals surface area contributed by atoms with Crippen molar-refractivity contribution in [2.75, 3.05) is 17.4 Å². The Morgan fingerprint density at radius 2 is 1.84 bits per heavy atom. The monoisotopic (exact) mass is 545 g/mol. The SMILES string of the molecule is COCc1nc2c(C(=O)Nc3cccc(Cl)c3C)cc(N(N)C(=O)c3ccccc3C(F)(F)F)cc2n1C. The third kappa shape index (κ3) is 5.08. The lowest BCUT2D eigenvalue weighted by Crippen LogP contribution is -2.38. The lowest BCUT2D eigenvalue weighted by Gasteiger charge is -2.20. The molecule has 0 aliphatic heterocycles. The van der Waals surface area contributed by atoms with Crippen molar-refractivity contribution in [3.63, 3.8) is 0 Å². The van der Waals surface area contributed by atoms with Gasteiger partial charge in [0.15, 0.2) is 0 Å². The maximum absolute atomic E-state index is 13.6. The number of carbonyl (C=O) groups excluding carboxylic acids is 2. The summed E-state index contributed by atoms with van der Waals surface area (Å²) in [7, 11) is 3.16. The molecule has 0 aliphatic carbocycles. The maximum Gasteiger partial charge on any atom is 0.417 e. The van der Waals surface area contributed by atoms with Crippen LogP contribution in [-0.4, -0.2) is 28.5 Å². The smallest absolute Gasteiger partial charge is 0.377 e. The summed E-state index contributed by atoms with van der Waals surface area (Å²) in [4.78, 5) is 31.1. The van der Waals surface area contributed by atoms with Gasteiger partial charge < -0.3 is 14.6 Å². The number of nitrogens with one attached hydrogen (secondary N) is 1. The molecule has 0 radical (unpaired) electrons. The molecule has 0 saturated heterocycles. The zero-order chi connectivity index (χ0) is 27.8. The Kier molecular flexibility index (Phi) is 7.45. The van der Waals surface area contributed by atoms with Crippen molar-refractivity contribution in [1.29, 1.82) is 0 Å². The number of aromatic nitrogens is 2. The van der Waals surface area contributed by atoms with Crippen molar-refractivity contribution >= 4 is 45.8 Å².